The number of nitrogens with one attached hydrogen (secondary N) is 2. The SMILES string of the molecule is O=C(NCc1ccccc1Cl)C(=O)NC[C@H](c1cccc2ccccc12)N1CCOCC1. The van der Waals surface area contributed by atoms with E-state index in [0.717, 1.165) is 35.0 Å². The van der Waals surface area contributed by atoms with Gasteiger partial charge >= 0.3 is 11.8 Å². The molecule has 0 radical (unpaired) electrons. The van der Waals surface area contributed by atoms with Crippen LogP contribution < -0.4 is 10.6 Å². The fraction of sp³-hybridized carbons (Fsp3) is 0.280. The minimum Gasteiger partial charge on any atom is -0.379 e. The van der Waals surface area contributed by atoms with Gasteiger partial charge in [0.25, 0.3) is 0 Å². The van der Waals surface area contributed by atoms with Crippen LogP contribution in [0.25, 0.3) is 10.8 Å². The van der Waals surface area contributed by atoms with Crippen molar-refractivity contribution in [2.75, 3.05) is 32.8 Å². The summed E-state index contributed by atoms with van der Waals surface area (Å²) in [5.74, 6) is -1.33. The molecule has 1 heterocycles. The number of hydrogen-bond donors (Lipinski definition) is 2. The molecule has 0 bridgehead atoms. The van der Waals surface area contributed by atoms with E-state index < -0.39 is 11.8 Å². The molecule has 7 heteroatoms. The van der Waals surface area contributed by atoms with E-state index in [0.29, 0.717) is 24.8 Å². The van der Waals surface area contributed by atoms with Crippen LogP contribution in [0.4, 0.5) is 0 Å². The maximum atomic E-state index is 12.5. The van der Waals surface area contributed by atoms with E-state index >= 15 is 0 Å². The topological polar surface area (TPSA) is 70.7 Å². The van der Waals surface area contributed by atoms with Crippen molar-refractivity contribution in [3.05, 3.63) is 82.9 Å². The fourth-order valence-corrected chi connectivity index (χ4v) is 4.24. The minimum absolute atomic E-state index is 0.0645. The quantitative estimate of drug-likeness (QED) is 0.564. The standard InChI is InChI=1S/C25H26ClN3O3/c26-22-11-4-2-7-19(22)16-27-24(30)25(31)28-17-23(29-12-14-32-15-13-29)21-10-5-8-18-6-1-3-9-20(18)21/h1-11,23H,12-17H2,(H,27,30)(H,28,31)/t23-/m1/s1. The molecule has 32 heavy (non-hydrogen) atoms. The van der Waals surface area contributed by atoms with Crippen molar-refractivity contribution in [3.63, 3.8) is 0 Å². The van der Waals surface area contributed by atoms with Crippen LogP contribution in [0.15, 0.2) is 66.7 Å². The highest BCUT2D eigenvalue weighted by Crippen LogP contribution is 2.28. The lowest BCUT2D eigenvalue weighted by Gasteiger charge is -2.35. The molecular formula is C25H26ClN3O3. The second-order valence-corrected chi connectivity index (χ2v) is 8.12. The predicted molar refractivity (Wildman–Crippen MR) is 125 cm³/mol. The van der Waals surface area contributed by atoms with Gasteiger partial charge in [0.05, 0.1) is 19.3 Å². The maximum Gasteiger partial charge on any atom is 0.309 e. The van der Waals surface area contributed by atoms with E-state index in [1.807, 2.05) is 36.4 Å². The average Bonchev–Trinajstić information content (AvgIpc) is 2.84. The Hall–Kier alpha value is -2.93. The smallest absolute Gasteiger partial charge is 0.309 e. The number of fused-ring (bicyclic) bond motifs is 1. The van der Waals surface area contributed by atoms with Crippen LogP contribution in [-0.4, -0.2) is 49.6 Å². The first kappa shape index (κ1) is 22.3. The first-order valence-electron chi connectivity index (χ1n) is 10.7. The second-order valence-electron chi connectivity index (χ2n) is 7.72. The Bertz CT molecular complexity index is 1090. The number of halogens is 1. The van der Waals surface area contributed by atoms with Crippen molar-refractivity contribution < 1.29 is 14.3 Å². The molecule has 1 aliphatic heterocycles. The number of nitrogens with zero attached hydrogens (tertiary/aromatic N) is 1. The van der Waals surface area contributed by atoms with Gasteiger partial charge in [0, 0.05) is 31.2 Å². The van der Waals surface area contributed by atoms with Crippen molar-refractivity contribution in [2.24, 2.45) is 0 Å². The molecule has 4 rings (SSSR count). The highest BCUT2D eigenvalue weighted by molar-refractivity contribution is 6.35. The lowest BCUT2D eigenvalue weighted by molar-refractivity contribution is -0.139. The summed E-state index contributed by atoms with van der Waals surface area (Å²) < 4.78 is 5.52. The fourth-order valence-electron chi connectivity index (χ4n) is 4.03. The van der Waals surface area contributed by atoms with Crippen LogP contribution in [0.1, 0.15) is 17.2 Å². The van der Waals surface area contributed by atoms with E-state index in [9.17, 15) is 9.59 Å². The van der Waals surface area contributed by atoms with Crippen molar-refractivity contribution in [1.82, 2.24) is 15.5 Å². The lowest BCUT2D eigenvalue weighted by atomic mass is 9.97. The summed E-state index contributed by atoms with van der Waals surface area (Å²) in [6, 6.07) is 21.6. The number of rotatable bonds is 6. The number of ether oxygens (including phenoxy) is 1. The zero-order chi connectivity index (χ0) is 22.3. The van der Waals surface area contributed by atoms with Gasteiger partial charge in [-0.05, 0) is 28.0 Å². The number of hydrogen-bond acceptors (Lipinski definition) is 4. The lowest BCUT2D eigenvalue weighted by Crippen LogP contribution is -2.46. The largest absolute Gasteiger partial charge is 0.379 e. The van der Waals surface area contributed by atoms with Gasteiger partial charge in [0.2, 0.25) is 0 Å². The first-order chi connectivity index (χ1) is 15.6. The van der Waals surface area contributed by atoms with Crippen molar-refractivity contribution >= 4 is 34.2 Å². The summed E-state index contributed by atoms with van der Waals surface area (Å²) in [5.41, 5.74) is 1.89. The van der Waals surface area contributed by atoms with Gasteiger partial charge in [-0.15, -0.1) is 0 Å². The molecule has 0 aliphatic carbocycles. The van der Waals surface area contributed by atoms with Crippen LogP contribution >= 0.6 is 11.6 Å². The summed E-state index contributed by atoms with van der Waals surface area (Å²) in [6.07, 6.45) is 0. The van der Waals surface area contributed by atoms with Gasteiger partial charge in [-0.2, -0.15) is 0 Å². The number of benzene rings is 3. The Balaban J connectivity index is 1.46. The van der Waals surface area contributed by atoms with E-state index in [4.69, 9.17) is 16.3 Å². The summed E-state index contributed by atoms with van der Waals surface area (Å²) in [4.78, 5) is 27.2. The molecule has 0 saturated carbocycles. The third-order valence-corrected chi connectivity index (χ3v) is 6.10. The molecule has 1 aliphatic rings. The summed E-state index contributed by atoms with van der Waals surface area (Å²) in [6.45, 7) is 3.35. The number of carbonyl (C=O) groups is 2. The normalized spacial score (nSPS) is 15.3. The van der Waals surface area contributed by atoms with Gasteiger partial charge < -0.3 is 15.4 Å². The number of amides is 2. The van der Waals surface area contributed by atoms with Crippen LogP contribution in [0.3, 0.4) is 0 Å². The van der Waals surface area contributed by atoms with Crippen LogP contribution in [0.2, 0.25) is 5.02 Å². The molecule has 0 spiro atoms. The third-order valence-electron chi connectivity index (χ3n) is 5.73. The monoisotopic (exact) mass is 451 g/mol. The minimum atomic E-state index is -0.677. The molecule has 1 atom stereocenters. The summed E-state index contributed by atoms with van der Waals surface area (Å²) >= 11 is 6.12. The van der Waals surface area contributed by atoms with E-state index in [1.165, 1.54) is 0 Å². The molecule has 2 N–H and O–H groups in total. The number of morpholine rings is 1. The Morgan fingerprint density at radius 2 is 1.59 bits per heavy atom. The van der Waals surface area contributed by atoms with Crippen LogP contribution in [0, 0.1) is 0 Å². The van der Waals surface area contributed by atoms with E-state index in [1.54, 1.807) is 6.07 Å². The molecule has 166 valence electrons. The van der Waals surface area contributed by atoms with Gasteiger partial charge in [0.15, 0.2) is 0 Å². The van der Waals surface area contributed by atoms with Crippen molar-refractivity contribution in [2.45, 2.75) is 12.6 Å². The van der Waals surface area contributed by atoms with Gasteiger partial charge in [-0.3, -0.25) is 14.5 Å². The zero-order valence-electron chi connectivity index (χ0n) is 17.7. The number of carbonyl (C=O) groups excluding carboxylic acids is 2. The van der Waals surface area contributed by atoms with Crippen molar-refractivity contribution in [1.29, 1.82) is 0 Å². The van der Waals surface area contributed by atoms with Gasteiger partial charge in [-0.25, -0.2) is 0 Å². The zero-order valence-corrected chi connectivity index (χ0v) is 18.5. The van der Waals surface area contributed by atoms with E-state index in [2.05, 4.69) is 39.8 Å². The molecule has 0 unspecified atom stereocenters. The first-order valence-corrected chi connectivity index (χ1v) is 11.1. The highest BCUT2D eigenvalue weighted by atomic mass is 35.5. The molecule has 3 aromatic carbocycles. The molecule has 2 amide bonds. The average molecular weight is 452 g/mol. The molecule has 6 nitrogen and oxygen atoms in total. The Morgan fingerprint density at radius 1 is 0.906 bits per heavy atom. The third kappa shape index (κ3) is 5.27. The van der Waals surface area contributed by atoms with Crippen LogP contribution in [-0.2, 0) is 20.9 Å². The molecule has 0 aromatic heterocycles. The molecular weight excluding hydrogens is 426 g/mol. The summed E-state index contributed by atoms with van der Waals surface area (Å²) in [7, 11) is 0. The summed E-state index contributed by atoms with van der Waals surface area (Å²) in [5, 5.41) is 8.31. The molecule has 1 saturated heterocycles. The molecule has 3 aromatic rings. The Labute approximate surface area is 192 Å². The second kappa shape index (κ2) is 10.6. The van der Waals surface area contributed by atoms with E-state index in [-0.39, 0.29) is 12.6 Å². The molecule has 1 fully saturated rings. The Kier molecular flexibility index (Phi) is 7.37. The van der Waals surface area contributed by atoms with Crippen LogP contribution in [0.5, 0.6) is 0 Å². The highest BCUT2D eigenvalue weighted by Gasteiger charge is 2.25. The predicted octanol–water partition coefficient (Wildman–Crippen LogP) is 3.30. The van der Waals surface area contributed by atoms with Gasteiger partial charge in [0.1, 0.15) is 0 Å². The Morgan fingerprint density at radius 3 is 2.41 bits per heavy atom. The van der Waals surface area contributed by atoms with Crippen molar-refractivity contribution in [3.8, 4) is 0 Å². The van der Waals surface area contributed by atoms with Gasteiger partial charge in [-0.1, -0.05) is 72.3 Å². The maximum absolute atomic E-state index is 12.5.